The second-order valence-corrected chi connectivity index (χ2v) is 8.17. The Bertz CT molecular complexity index is 1330. The maximum Gasteiger partial charge on any atom is 0.263 e. The fourth-order valence-electron chi connectivity index (χ4n) is 3.14. The van der Waals surface area contributed by atoms with Gasteiger partial charge in [0.05, 0.1) is 17.3 Å². The minimum Gasteiger partial charge on any atom is -0.309 e. The van der Waals surface area contributed by atoms with Gasteiger partial charge in [0.2, 0.25) is 5.91 Å². The van der Waals surface area contributed by atoms with Crippen LogP contribution in [0, 0.1) is 12.7 Å². The van der Waals surface area contributed by atoms with Crippen molar-refractivity contribution in [3.63, 3.8) is 0 Å². The van der Waals surface area contributed by atoms with Crippen LogP contribution in [-0.4, -0.2) is 30.1 Å². The van der Waals surface area contributed by atoms with Crippen LogP contribution >= 0.6 is 0 Å². The predicted octanol–water partition coefficient (Wildman–Crippen LogP) is 2.82. The third-order valence-electron chi connectivity index (χ3n) is 4.72. The van der Waals surface area contributed by atoms with E-state index in [4.69, 9.17) is 0 Å². The SMILES string of the molecule is Cc1ccc2c(=O)n(CC(=O)Nc3ccc(F)cn3)c3cc(C(C)(C)C)nn3c2n1. The molecular formula is C21H21FN6O2. The van der Waals surface area contributed by atoms with E-state index in [1.165, 1.54) is 16.7 Å². The number of hydrogen-bond acceptors (Lipinski definition) is 5. The summed E-state index contributed by atoms with van der Waals surface area (Å²) in [6, 6.07) is 7.79. The molecule has 154 valence electrons. The van der Waals surface area contributed by atoms with Gasteiger partial charge in [-0.05, 0) is 31.2 Å². The number of nitrogens with one attached hydrogen (secondary N) is 1. The molecule has 0 fully saturated rings. The molecule has 4 rings (SSSR count). The molecule has 0 aliphatic heterocycles. The lowest BCUT2D eigenvalue weighted by molar-refractivity contribution is -0.116. The molecule has 0 radical (unpaired) electrons. The highest BCUT2D eigenvalue weighted by atomic mass is 19.1. The van der Waals surface area contributed by atoms with Gasteiger partial charge in [-0.2, -0.15) is 9.61 Å². The van der Waals surface area contributed by atoms with Gasteiger partial charge in [-0.1, -0.05) is 20.8 Å². The number of anilines is 1. The third-order valence-corrected chi connectivity index (χ3v) is 4.72. The minimum absolute atomic E-state index is 0.201. The number of aryl methyl sites for hydroxylation is 1. The number of carbonyl (C=O) groups excluding carboxylic acids is 1. The Labute approximate surface area is 171 Å². The molecule has 0 aromatic carbocycles. The van der Waals surface area contributed by atoms with Crippen molar-refractivity contribution < 1.29 is 9.18 Å². The van der Waals surface area contributed by atoms with Crippen LogP contribution in [0.5, 0.6) is 0 Å². The lowest BCUT2D eigenvalue weighted by Crippen LogP contribution is -2.29. The molecule has 1 N–H and O–H groups in total. The summed E-state index contributed by atoms with van der Waals surface area (Å²) in [6.07, 6.45) is 1.01. The normalized spacial score (nSPS) is 11.9. The fourth-order valence-corrected chi connectivity index (χ4v) is 3.14. The molecule has 4 aromatic rings. The van der Waals surface area contributed by atoms with Crippen LogP contribution in [-0.2, 0) is 16.8 Å². The van der Waals surface area contributed by atoms with Crippen molar-refractivity contribution in [2.24, 2.45) is 0 Å². The van der Waals surface area contributed by atoms with Crippen molar-refractivity contribution in [2.45, 2.75) is 39.7 Å². The summed E-state index contributed by atoms with van der Waals surface area (Å²) in [5, 5.41) is 7.61. The topological polar surface area (TPSA) is 94.2 Å². The Morgan fingerprint density at radius 2 is 1.97 bits per heavy atom. The van der Waals surface area contributed by atoms with Gasteiger partial charge in [0, 0.05) is 17.2 Å². The summed E-state index contributed by atoms with van der Waals surface area (Å²) in [6.45, 7) is 7.65. The number of halogens is 1. The second-order valence-electron chi connectivity index (χ2n) is 8.17. The predicted molar refractivity (Wildman–Crippen MR) is 111 cm³/mol. The van der Waals surface area contributed by atoms with Crippen molar-refractivity contribution >= 4 is 28.4 Å². The van der Waals surface area contributed by atoms with E-state index in [9.17, 15) is 14.0 Å². The van der Waals surface area contributed by atoms with E-state index < -0.39 is 11.7 Å². The van der Waals surface area contributed by atoms with E-state index in [0.717, 1.165) is 17.6 Å². The first kappa shape index (κ1) is 19.7. The van der Waals surface area contributed by atoms with Crippen LogP contribution in [0.4, 0.5) is 10.2 Å². The Balaban J connectivity index is 1.85. The van der Waals surface area contributed by atoms with Crippen molar-refractivity contribution in [3.05, 3.63) is 64.1 Å². The van der Waals surface area contributed by atoms with Crippen LogP contribution in [0.15, 0.2) is 41.3 Å². The second kappa shape index (κ2) is 7.01. The fraction of sp³-hybridized carbons (Fsp3) is 0.286. The number of rotatable bonds is 3. The van der Waals surface area contributed by atoms with Crippen LogP contribution in [0.1, 0.15) is 32.2 Å². The van der Waals surface area contributed by atoms with E-state index in [0.29, 0.717) is 16.7 Å². The van der Waals surface area contributed by atoms with Crippen molar-refractivity contribution in [2.75, 3.05) is 5.32 Å². The minimum atomic E-state index is -0.503. The van der Waals surface area contributed by atoms with Gasteiger partial charge in [-0.15, -0.1) is 0 Å². The summed E-state index contributed by atoms with van der Waals surface area (Å²) in [5.74, 6) is -0.763. The molecule has 0 saturated carbocycles. The summed E-state index contributed by atoms with van der Waals surface area (Å²) in [4.78, 5) is 34.1. The Morgan fingerprint density at radius 3 is 2.63 bits per heavy atom. The number of carbonyl (C=O) groups is 1. The molecule has 0 atom stereocenters. The zero-order chi connectivity index (χ0) is 21.6. The lowest BCUT2D eigenvalue weighted by Gasteiger charge is -2.13. The van der Waals surface area contributed by atoms with Crippen LogP contribution in [0.3, 0.4) is 0 Å². The van der Waals surface area contributed by atoms with E-state index in [1.807, 2.05) is 27.7 Å². The molecule has 9 heteroatoms. The molecule has 8 nitrogen and oxygen atoms in total. The first-order valence-corrected chi connectivity index (χ1v) is 9.45. The van der Waals surface area contributed by atoms with Crippen molar-refractivity contribution in [1.29, 1.82) is 0 Å². The molecule has 0 aliphatic carbocycles. The van der Waals surface area contributed by atoms with E-state index in [-0.39, 0.29) is 23.3 Å². The molecule has 0 saturated heterocycles. The zero-order valence-corrected chi connectivity index (χ0v) is 17.1. The van der Waals surface area contributed by atoms with Crippen LogP contribution < -0.4 is 10.9 Å². The van der Waals surface area contributed by atoms with E-state index in [1.54, 1.807) is 22.7 Å². The molecule has 30 heavy (non-hydrogen) atoms. The Kier molecular flexibility index (Phi) is 4.60. The van der Waals surface area contributed by atoms with Gasteiger partial charge >= 0.3 is 0 Å². The van der Waals surface area contributed by atoms with Gasteiger partial charge in [0.1, 0.15) is 23.8 Å². The molecular weight excluding hydrogens is 387 g/mol. The maximum absolute atomic E-state index is 13.2. The molecule has 1 amide bonds. The smallest absolute Gasteiger partial charge is 0.263 e. The number of nitrogens with zero attached hydrogens (tertiary/aromatic N) is 5. The quantitative estimate of drug-likeness (QED) is 0.563. The first-order chi connectivity index (χ1) is 14.1. The Morgan fingerprint density at radius 1 is 1.20 bits per heavy atom. The van der Waals surface area contributed by atoms with E-state index in [2.05, 4.69) is 20.4 Å². The average molecular weight is 408 g/mol. The molecule has 0 bridgehead atoms. The summed E-state index contributed by atoms with van der Waals surface area (Å²) in [5.41, 5.74) is 1.84. The van der Waals surface area contributed by atoms with Crippen molar-refractivity contribution in [1.82, 2.24) is 24.1 Å². The standard InChI is InChI=1S/C21H21FN6O2/c1-12-5-7-14-19(24-12)28-18(9-15(26-28)21(2,3)4)27(20(14)30)11-17(29)25-16-8-6-13(22)10-23-16/h5-10H,11H2,1-4H3,(H,23,25,29). The van der Waals surface area contributed by atoms with E-state index >= 15 is 0 Å². The van der Waals surface area contributed by atoms with Gasteiger partial charge < -0.3 is 5.32 Å². The summed E-state index contributed by atoms with van der Waals surface area (Å²) >= 11 is 0. The van der Waals surface area contributed by atoms with Crippen LogP contribution in [0.2, 0.25) is 0 Å². The summed E-state index contributed by atoms with van der Waals surface area (Å²) < 4.78 is 16.0. The highest BCUT2D eigenvalue weighted by Gasteiger charge is 2.22. The lowest BCUT2D eigenvalue weighted by atomic mass is 9.93. The number of fused-ring (bicyclic) bond motifs is 3. The highest BCUT2D eigenvalue weighted by Crippen LogP contribution is 2.23. The number of pyridine rings is 2. The van der Waals surface area contributed by atoms with Gasteiger partial charge in [-0.3, -0.25) is 14.2 Å². The number of aromatic nitrogens is 5. The Hall–Kier alpha value is -3.62. The summed E-state index contributed by atoms with van der Waals surface area (Å²) in [7, 11) is 0. The third kappa shape index (κ3) is 3.54. The van der Waals surface area contributed by atoms with Gasteiger partial charge in [-0.25, -0.2) is 14.4 Å². The first-order valence-electron chi connectivity index (χ1n) is 9.45. The largest absolute Gasteiger partial charge is 0.309 e. The van der Waals surface area contributed by atoms with Gasteiger partial charge in [0.25, 0.3) is 5.56 Å². The monoisotopic (exact) mass is 408 g/mol. The molecule has 0 spiro atoms. The average Bonchev–Trinajstić information content (AvgIpc) is 3.13. The zero-order valence-electron chi connectivity index (χ0n) is 17.1. The maximum atomic E-state index is 13.2. The highest BCUT2D eigenvalue weighted by molar-refractivity contribution is 5.90. The molecule has 0 unspecified atom stereocenters. The van der Waals surface area contributed by atoms with Crippen molar-refractivity contribution in [3.8, 4) is 0 Å². The molecule has 0 aliphatic rings. The van der Waals surface area contributed by atoms with Crippen LogP contribution in [0.25, 0.3) is 16.7 Å². The molecule has 4 heterocycles. The molecule has 4 aromatic heterocycles. The number of amides is 1. The number of hydrogen-bond donors (Lipinski definition) is 1. The van der Waals surface area contributed by atoms with Gasteiger partial charge in [0.15, 0.2) is 5.65 Å².